The van der Waals surface area contributed by atoms with E-state index in [9.17, 15) is 4.79 Å². The molecule has 0 spiro atoms. The van der Waals surface area contributed by atoms with Gasteiger partial charge in [0.1, 0.15) is 11.9 Å². The van der Waals surface area contributed by atoms with E-state index in [0.29, 0.717) is 11.6 Å². The number of pyridine rings is 1. The van der Waals surface area contributed by atoms with Crippen LogP contribution in [0.2, 0.25) is 0 Å². The number of amides is 1. The number of aromatic nitrogens is 3. The van der Waals surface area contributed by atoms with Crippen LogP contribution in [0.5, 0.6) is 0 Å². The number of hydrogen-bond acceptors (Lipinski definition) is 5. The van der Waals surface area contributed by atoms with Crippen LogP contribution < -0.4 is 10.2 Å². The zero-order valence-electron chi connectivity index (χ0n) is 18.7. The summed E-state index contributed by atoms with van der Waals surface area (Å²) in [5.41, 5.74) is 4.85. The molecule has 1 N–H and O–H groups in total. The van der Waals surface area contributed by atoms with Crippen molar-refractivity contribution in [3.63, 3.8) is 0 Å². The maximum Gasteiger partial charge on any atom is 0.224 e. The van der Waals surface area contributed by atoms with Crippen molar-refractivity contribution in [2.24, 2.45) is 7.05 Å². The van der Waals surface area contributed by atoms with Crippen molar-refractivity contribution < 1.29 is 4.79 Å². The lowest BCUT2D eigenvalue weighted by molar-refractivity contribution is -0.117. The normalized spacial score (nSPS) is 18.1. The molecule has 1 saturated carbocycles. The third kappa shape index (κ3) is 4.65. The van der Waals surface area contributed by atoms with Crippen molar-refractivity contribution in [3.05, 3.63) is 60.0 Å². The maximum absolute atomic E-state index is 12.6. The fourth-order valence-corrected chi connectivity index (χ4v) is 4.56. The Kier molecular flexibility index (Phi) is 6.22. The average molecular weight is 429 g/mol. The Balaban J connectivity index is 1.44. The summed E-state index contributed by atoms with van der Waals surface area (Å²) in [5, 5.41) is 16.6. The van der Waals surface area contributed by atoms with E-state index in [2.05, 4.69) is 40.5 Å². The first-order valence-corrected chi connectivity index (χ1v) is 11.0. The topological polar surface area (TPSA) is 86.8 Å². The van der Waals surface area contributed by atoms with Gasteiger partial charge in [-0.05, 0) is 68.0 Å². The van der Waals surface area contributed by atoms with Crippen LogP contribution >= 0.6 is 0 Å². The predicted molar refractivity (Wildman–Crippen MR) is 125 cm³/mol. The molecule has 2 aromatic heterocycles. The number of hydrogen-bond donors (Lipinski definition) is 1. The van der Waals surface area contributed by atoms with Crippen LogP contribution in [-0.2, 0) is 11.8 Å². The SMILES string of the molecule is CC(=O)N(c1ccc(-c2cnn(C)c2)c(C)c1)[C@H]1CC[C@H](Nc2ccc(C#N)cn2)CC1. The molecular weight excluding hydrogens is 400 g/mol. The lowest BCUT2D eigenvalue weighted by Crippen LogP contribution is -2.43. The van der Waals surface area contributed by atoms with Crippen LogP contribution in [0.25, 0.3) is 11.1 Å². The minimum atomic E-state index is 0.0729. The minimum absolute atomic E-state index is 0.0729. The zero-order valence-corrected chi connectivity index (χ0v) is 18.7. The molecule has 7 nitrogen and oxygen atoms in total. The van der Waals surface area contributed by atoms with Crippen LogP contribution in [0, 0.1) is 18.3 Å². The summed E-state index contributed by atoms with van der Waals surface area (Å²) in [7, 11) is 1.91. The van der Waals surface area contributed by atoms with Crippen molar-refractivity contribution in [2.45, 2.75) is 51.6 Å². The third-order valence-corrected chi connectivity index (χ3v) is 6.15. The number of aryl methyl sites for hydroxylation is 2. The number of nitriles is 1. The highest BCUT2D eigenvalue weighted by molar-refractivity contribution is 5.92. The van der Waals surface area contributed by atoms with Crippen LogP contribution in [0.4, 0.5) is 11.5 Å². The van der Waals surface area contributed by atoms with Gasteiger partial charge in [-0.2, -0.15) is 10.4 Å². The maximum atomic E-state index is 12.6. The summed E-state index contributed by atoms with van der Waals surface area (Å²) in [5.74, 6) is 0.862. The number of anilines is 2. The Hall–Kier alpha value is -3.66. The van der Waals surface area contributed by atoms with Gasteiger partial charge in [0.25, 0.3) is 0 Å². The number of benzene rings is 1. The van der Waals surface area contributed by atoms with E-state index in [0.717, 1.165) is 53.9 Å². The number of nitrogens with one attached hydrogen (secondary N) is 1. The average Bonchev–Trinajstić information content (AvgIpc) is 3.21. The second kappa shape index (κ2) is 9.23. The van der Waals surface area contributed by atoms with Gasteiger partial charge in [-0.3, -0.25) is 9.48 Å². The molecule has 7 heteroatoms. The van der Waals surface area contributed by atoms with Crippen LogP contribution in [0.1, 0.15) is 43.7 Å². The van der Waals surface area contributed by atoms with Crippen molar-refractivity contribution in [1.82, 2.24) is 14.8 Å². The van der Waals surface area contributed by atoms with Gasteiger partial charge in [0.15, 0.2) is 0 Å². The Morgan fingerprint density at radius 1 is 1.19 bits per heavy atom. The highest BCUT2D eigenvalue weighted by atomic mass is 16.2. The number of nitrogens with zero attached hydrogens (tertiary/aromatic N) is 5. The molecule has 0 unspecified atom stereocenters. The molecule has 3 aromatic rings. The second-order valence-electron chi connectivity index (χ2n) is 8.48. The molecule has 1 aromatic carbocycles. The fourth-order valence-electron chi connectivity index (χ4n) is 4.56. The Labute approximate surface area is 188 Å². The fraction of sp³-hybridized carbons (Fsp3) is 0.360. The Morgan fingerprint density at radius 3 is 2.53 bits per heavy atom. The standard InChI is InChI=1S/C25H28N6O/c1-17-12-23(9-10-24(17)20-15-28-30(3)16-20)31(18(2)32)22-7-5-21(6-8-22)29-25-11-4-19(13-26)14-27-25/h4,9-12,14-16,21-22H,5-8H2,1-3H3,(H,27,29)/t21-,22-. The van der Waals surface area contributed by atoms with Crippen molar-refractivity contribution in [3.8, 4) is 17.2 Å². The monoisotopic (exact) mass is 428 g/mol. The van der Waals surface area contributed by atoms with E-state index in [-0.39, 0.29) is 11.9 Å². The van der Waals surface area contributed by atoms with Gasteiger partial charge in [-0.15, -0.1) is 0 Å². The van der Waals surface area contributed by atoms with Gasteiger partial charge in [-0.1, -0.05) is 6.07 Å². The molecule has 0 radical (unpaired) electrons. The first-order valence-electron chi connectivity index (χ1n) is 11.0. The van der Waals surface area contributed by atoms with Gasteiger partial charge < -0.3 is 10.2 Å². The van der Waals surface area contributed by atoms with Crippen molar-refractivity contribution in [2.75, 3.05) is 10.2 Å². The number of carbonyl (C=O) groups is 1. The van der Waals surface area contributed by atoms with Crippen molar-refractivity contribution >= 4 is 17.4 Å². The van der Waals surface area contributed by atoms with E-state index in [1.54, 1.807) is 23.9 Å². The predicted octanol–water partition coefficient (Wildman–Crippen LogP) is 4.44. The van der Waals surface area contributed by atoms with Gasteiger partial charge in [0, 0.05) is 49.7 Å². The first kappa shape index (κ1) is 21.6. The zero-order chi connectivity index (χ0) is 22.7. The van der Waals surface area contributed by atoms with E-state index in [1.165, 1.54) is 0 Å². The van der Waals surface area contributed by atoms with E-state index >= 15 is 0 Å². The summed E-state index contributed by atoms with van der Waals surface area (Å²) in [6, 6.07) is 12.4. The summed E-state index contributed by atoms with van der Waals surface area (Å²) in [4.78, 5) is 18.9. The molecule has 32 heavy (non-hydrogen) atoms. The minimum Gasteiger partial charge on any atom is -0.367 e. The first-order chi connectivity index (χ1) is 15.4. The smallest absolute Gasteiger partial charge is 0.224 e. The van der Waals surface area contributed by atoms with E-state index in [4.69, 9.17) is 5.26 Å². The Bertz CT molecular complexity index is 1140. The largest absolute Gasteiger partial charge is 0.367 e. The molecule has 164 valence electrons. The molecule has 2 heterocycles. The van der Waals surface area contributed by atoms with Crippen LogP contribution in [-0.4, -0.2) is 32.8 Å². The summed E-state index contributed by atoms with van der Waals surface area (Å²) >= 11 is 0. The van der Waals surface area contributed by atoms with Crippen molar-refractivity contribution in [1.29, 1.82) is 5.26 Å². The molecule has 1 fully saturated rings. The van der Waals surface area contributed by atoms with Crippen LogP contribution in [0.15, 0.2) is 48.9 Å². The highest BCUT2D eigenvalue weighted by Gasteiger charge is 2.29. The molecule has 1 amide bonds. The van der Waals surface area contributed by atoms with Crippen LogP contribution in [0.3, 0.4) is 0 Å². The van der Waals surface area contributed by atoms with Gasteiger partial charge in [0.2, 0.25) is 5.91 Å². The second-order valence-corrected chi connectivity index (χ2v) is 8.48. The molecule has 1 aliphatic rings. The molecule has 4 rings (SSSR count). The molecule has 0 aliphatic heterocycles. The lowest BCUT2D eigenvalue weighted by atomic mass is 9.89. The molecule has 0 bridgehead atoms. The quantitative estimate of drug-likeness (QED) is 0.649. The number of rotatable bonds is 5. The highest BCUT2D eigenvalue weighted by Crippen LogP contribution is 2.32. The summed E-state index contributed by atoms with van der Waals surface area (Å²) < 4.78 is 1.80. The lowest BCUT2D eigenvalue weighted by Gasteiger charge is -2.37. The third-order valence-electron chi connectivity index (χ3n) is 6.15. The summed E-state index contributed by atoms with van der Waals surface area (Å²) in [6.07, 6.45) is 9.23. The van der Waals surface area contributed by atoms with Gasteiger partial charge in [0.05, 0.1) is 11.8 Å². The molecule has 1 aliphatic carbocycles. The molecule has 0 atom stereocenters. The number of carbonyl (C=O) groups excluding carboxylic acids is 1. The van der Waals surface area contributed by atoms with Gasteiger partial charge >= 0.3 is 0 Å². The Morgan fingerprint density at radius 2 is 1.97 bits per heavy atom. The van der Waals surface area contributed by atoms with E-state index in [1.807, 2.05) is 36.5 Å². The summed E-state index contributed by atoms with van der Waals surface area (Å²) in [6.45, 7) is 3.73. The van der Waals surface area contributed by atoms with E-state index < -0.39 is 0 Å². The molecular formula is C25H28N6O. The molecule has 0 saturated heterocycles. The van der Waals surface area contributed by atoms with Gasteiger partial charge in [-0.25, -0.2) is 4.98 Å².